The first kappa shape index (κ1) is 12.9. The quantitative estimate of drug-likeness (QED) is 0.547. The molecule has 0 spiro atoms. The van der Waals surface area contributed by atoms with Gasteiger partial charge in [-0.1, -0.05) is 72.9 Å². The molecule has 0 N–H and O–H groups in total. The summed E-state index contributed by atoms with van der Waals surface area (Å²) in [5, 5.41) is 0. The van der Waals surface area contributed by atoms with Crippen LogP contribution in [0, 0.1) is 6.42 Å². The zero-order chi connectivity index (χ0) is 15.2. The van der Waals surface area contributed by atoms with Gasteiger partial charge < -0.3 is 0 Å². The van der Waals surface area contributed by atoms with Crippen LogP contribution >= 0.6 is 0 Å². The first-order valence-electron chi connectivity index (χ1n) is 8.25. The number of hydrogen-bond acceptors (Lipinski definition) is 0. The minimum absolute atomic E-state index is 1.04. The average Bonchev–Trinajstić information content (AvgIpc) is 3.33. The average molecular weight is 293 g/mol. The fourth-order valence-electron chi connectivity index (χ4n) is 3.92. The summed E-state index contributed by atoms with van der Waals surface area (Å²) in [6, 6.07) is 13.3. The smallest absolute Gasteiger partial charge is 0.0218 e. The molecule has 3 aliphatic rings. The van der Waals surface area contributed by atoms with Crippen molar-refractivity contribution in [2.24, 2.45) is 0 Å². The molecule has 0 heterocycles. The van der Waals surface area contributed by atoms with E-state index in [-0.39, 0.29) is 0 Å². The van der Waals surface area contributed by atoms with Crippen molar-refractivity contribution in [1.29, 1.82) is 0 Å². The van der Waals surface area contributed by atoms with Crippen LogP contribution in [0.15, 0.2) is 72.9 Å². The molecule has 0 aromatic heterocycles. The van der Waals surface area contributed by atoms with Crippen LogP contribution in [0.3, 0.4) is 0 Å². The minimum atomic E-state index is 1.04. The highest BCUT2D eigenvalue weighted by atomic mass is 14.3. The highest BCUT2D eigenvalue weighted by Gasteiger charge is 2.25. The van der Waals surface area contributed by atoms with Crippen molar-refractivity contribution in [2.45, 2.75) is 12.8 Å². The van der Waals surface area contributed by atoms with Crippen molar-refractivity contribution in [3.63, 3.8) is 0 Å². The Morgan fingerprint density at radius 1 is 0.652 bits per heavy atom. The molecule has 0 amide bonds. The number of benzene rings is 2. The number of hydrogen-bond donors (Lipinski definition) is 0. The van der Waals surface area contributed by atoms with Gasteiger partial charge in [0.1, 0.15) is 0 Å². The van der Waals surface area contributed by atoms with Crippen LogP contribution in [0.1, 0.15) is 35.1 Å². The lowest BCUT2D eigenvalue weighted by molar-refractivity contribution is 1.35. The van der Waals surface area contributed by atoms with E-state index in [2.05, 4.69) is 79.3 Å². The molecule has 0 bridgehead atoms. The van der Waals surface area contributed by atoms with Gasteiger partial charge in [0.2, 0.25) is 0 Å². The Kier molecular flexibility index (Phi) is 2.78. The summed E-state index contributed by atoms with van der Waals surface area (Å²) in [4.78, 5) is 0. The van der Waals surface area contributed by atoms with Crippen molar-refractivity contribution in [1.82, 2.24) is 0 Å². The third kappa shape index (κ3) is 1.91. The number of rotatable bonds is 2. The first-order chi connectivity index (χ1) is 11.4. The van der Waals surface area contributed by atoms with Gasteiger partial charge in [0, 0.05) is 6.42 Å². The molecule has 3 aliphatic carbocycles. The van der Waals surface area contributed by atoms with E-state index in [4.69, 9.17) is 0 Å². The van der Waals surface area contributed by atoms with Gasteiger partial charge in [0.05, 0.1) is 0 Å². The van der Waals surface area contributed by atoms with E-state index >= 15 is 0 Å². The molecular formula is C23H17. The van der Waals surface area contributed by atoms with E-state index in [0.717, 1.165) is 12.8 Å². The summed E-state index contributed by atoms with van der Waals surface area (Å²) in [7, 11) is 0. The summed E-state index contributed by atoms with van der Waals surface area (Å²) in [6.07, 6.45) is 17.8. The van der Waals surface area contributed by atoms with E-state index in [0.29, 0.717) is 0 Å². The Balaban J connectivity index is 1.75. The summed E-state index contributed by atoms with van der Waals surface area (Å²) in [5.74, 6) is 0. The highest BCUT2D eigenvalue weighted by Crippen LogP contribution is 2.45. The summed E-state index contributed by atoms with van der Waals surface area (Å²) in [6.45, 7) is 0. The monoisotopic (exact) mass is 293 g/mol. The van der Waals surface area contributed by atoms with E-state index < -0.39 is 0 Å². The topological polar surface area (TPSA) is 0 Å². The van der Waals surface area contributed by atoms with Crippen LogP contribution < -0.4 is 0 Å². The van der Waals surface area contributed by atoms with E-state index in [1.807, 2.05) is 0 Å². The predicted octanol–water partition coefficient (Wildman–Crippen LogP) is 5.95. The molecule has 1 radical (unpaired) electrons. The molecule has 0 saturated carbocycles. The molecule has 2 aromatic rings. The minimum Gasteiger partial charge on any atom is -0.0801 e. The molecule has 0 nitrogen and oxygen atoms in total. The number of fused-ring (bicyclic) bond motifs is 3. The second-order valence-electron chi connectivity index (χ2n) is 6.33. The molecule has 0 atom stereocenters. The maximum atomic E-state index is 2.37. The molecule has 0 heteroatoms. The van der Waals surface area contributed by atoms with Gasteiger partial charge in [0.25, 0.3) is 0 Å². The van der Waals surface area contributed by atoms with Crippen LogP contribution in [0.5, 0.6) is 0 Å². The van der Waals surface area contributed by atoms with Gasteiger partial charge in [-0.3, -0.25) is 0 Å². The van der Waals surface area contributed by atoms with Crippen molar-refractivity contribution >= 4 is 11.1 Å². The fraction of sp³-hybridized carbons (Fsp3) is 0.0870. The first-order valence-corrected chi connectivity index (χ1v) is 8.25. The Morgan fingerprint density at radius 3 is 2.17 bits per heavy atom. The van der Waals surface area contributed by atoms with Gasteiger partial charge in [0.15, 0.2) is 0 Å². The maximum absolute atomic E-state index is 2.37. The zero-order valence-electron chi connectivity index (χ0n) is 12.9. The molecular weight excluding hydrogens is 276 g/mol. The Bertz CT molecular complexity index is 933. The summed E-state index contributed by atoms with van der Waals surface area (Å²) in [5.41, 5.74) is 11.2. The lowest BCUT2D eigenvalue weighted by Crippen LogP contribution is -1.97. The summed E-state index contributed by atoms with van der Waals surface area (Å²) < 4.78 is 0. The molecule has 0 unspecified atom stereocenters. The predicted molar refractivity (Wildman–Crippen MR) is 97.9 cm³/mol. The van der Waals surface area contributed by atoms with Crippen LogP contribution in [0.4, 0.5) is 0 Å². The molecule has 2 aromatic carbocycles. The maximum Gasteiger partial charge on any atom is 0.0218 e. The van der Waals surface area contributed by atoms with E-state index in [1.54, 1.807) is 0 Å². The van der Waals surface area contributed by atoms with Crippen LogP contribution in [0.2, 0.25) is 0 Å². The van der Waals surface area contributed by atoms with Gasteiger partial charge in [-0.2, -0.15) is 0 Å². The third-order valence-electron chi connectivity index (χ3n) is 5.01. The SMILES string of the molecule is [CH]1c2ccccc2-c2ccc(C3=CC=CC3)c(C3=CC=CC3)c21. The number of allylic oxidation sites excluding steroid dienone is 8. The molecule has 109 valence electrons. The van der Waals surface area contributed by atoms with E-state index in [1.165, 1.54) is 44.5 Å². The third-order valence-corrected chi connectivity index (χ3v) is 5.01. The van der Waals surface area contributed by atoms with Crippen molar-refractivity contribution in [3.8, 4) is 11.1 Å². The highest BCUT2D eigenvalue weighted by molar-refractivity contribution is 5.93. The van der Waals surface area contributed by atoms with Crippen molar-refractivity contribution in [3.05, 3.63) is 102 Å². The lowest BCUT2D eigenvalue weighted by Gasteiger charge is -2.17. The van der Waals surface area contributed by atoms with E-state index in [9.17, 15) is 0 Å². The van der Waals surface area contributed by atoms with Crippen molar-refractivity contribution in [2.75, 3.05) is 0 Å². The largest absolute Gasteiger partial charge is 0.0801 e. The molecule has 23 heavy (non-hydrogen) atoms. The Hall–Kier alpha value is -2.60. The van der Waals surface area contributed by atoms with Crippen LogP contribution in [-0.2, 0) is 0 Å². The fourth-order valence-corrected chi connectivity index (χ4v) is 3.92. The van der Waals surface area contributed by atoms with Gasteiger partial charge in [-0.15, -0.1) is 0 Å². The normalized spacial score (nSPS) is 17.2. The molecule has 0 saturated heterocycles. The van der Waals surface area contributed by atoms with Crippen LogP contribution in [-0.4, -0.2) is 0 Å². The lowest BCUT2D eigenvalue weighted by atomic mass is 9.87. The Labute approximate surface area is 137 Å². The van der Waals surface area contributed by atoms with Gasteiger partial charge in [-0.05, 0) is 57.4 Å². The zero-order valence-corrected chi connectivity index (χ0v) is 12.9. The molecule has 0 aliphatic heterocycles. The standard InChI is InChI=1S/C23H17/c1-2-8-16(7-1)20-13-14-21-19-12-6-5-11-18(19)15-22(21)23(20)17-9-3-4-10-17/h1-7,9,11-15H,8,10H2. The van der Waals surface area contributed by atoms with Crippen molar-refractivity contribution < 1.29 is 0 Å². The molecule has 5 rings (SSSR count). The Morgan fingerprint density at radius 2 is 1.39 bits per heavy atom. The summed E-state index contributed by atoms with van der Waals surface area (Å²) >= 11 is 0. The van der Waals surface area contributed by atoms with Gasteiger partial charge >= 0.3 is 0 Å². The van der Waals surface area contributed by atoms with Gasteiger partial charge in [-0.25, -0.2) is 0 Å². The second-order valence-corrected chi connectivity index (χ2v) is 6.33. The second kappa shape index (κ2) is 4.96. The van der Waals surface area contributed by atoms with Crippen LogP contribution in [0.25, 0.3) is 22.3 Å². The molecule has 0 fully saturated rings.